The average Bonchev–Trinajstić information content (AvgIpc) is 2.28. The summed E-state index contributed by atoms with van der Waals surface area (Å²) in [6.45, 7) is 1.73. The van der Waals surface area contributed by atoms with Crippen molar-refractivity contribution in [3.05, 3.63) is 33.8 Å². The molecule has 1 heterocycles. The molecule has 2 rings (SSSR count). The fourth-order valence-electron chi connectivity index (χ4n) is 2.11. The van der Waals surface area contributed by atoms with E-state index in [0.717, 1.165) is 31.5 Å². The van der Waals surface area contributed by atoms with Crippen LogP contribution in [0.4, 0.5) is 0 Å². The molecule has 4 heteroatoms. The summed E-state index contributed by atoms with van der Waals surface area (Å²) < 4.78 is 0. The van der Waals surface area contributed by atoms with E-state index >= 15 is 0 Å². The van der Waals surface area contributed by atoms with E-state index in [1.165, 1.54) is 0 Å². The van der Waals surface area contributed by atoms with Gasteiger partial charge >= 0.3 is 0 Å². The monoisotopic (exact) mass is 259 g/mol. The van der Waals surface area contributed by atoms with Crippen LogP contribution in [-0.2, 0) is 6.42 Å². The van der Waals surface area contributed by atoms with Gasteiger partial charge in [0.25, 0.3) is 0 Å². The van der Waals surface area contributed by atoms with E-state index in [-0.39, 0.29) is 12.0 Å². The molecule has 0 amide bonds. The van der Waals surface area contributed by atoms with E-state index < -0.39 is 0 Å². The second kappa shape index (κ2) is 5.37. The van der Waals surface area contributed by atoms with E-state index in [1.54, 1.807) is 6.07 Å². The van der Waals surface area contributed by atoms with Gasteiger partial charge in [0, 0.05) is 12.5 Å². The number of halogens is 2. The zero-order valence-electron chi connectivity index (χ0n) is 8.92. The summed E-state index contributed by atoms with van der Waals surface area (Å²) in [6.07, 6.45) is 1.34. The van der Waals surface area contributed by atoms with Gasteiger partial charge in [-0.05, 0) is 31.0 Å². The average molecular weight is 260 g/mol. The first-order valence-corrected chi connectivity index (χ1v) is 6.25. The van der Waals surface area contributed by atoms with E-state index in [0.29, 0.717) is 10.0 Å². The van der Waals surface area contributed by atoms with Gasteiger partial charge in [0.05, 0.1) is 16.1 Å². The van der Waals surface area contributed by atoms with Gasteiger partial charge in [-0.2, -0.15) is 0 Å². The Balaban J connectivity index is 2.10. The fraction of sp³-hybridized carbons (Fsp3) is 0.500. The Morgan fingerprint density at radius 1 is 1.38 bits per heavy atom. The van der Waals surface area contributed by atoms with Gasteiger partial charge in [0.1, 0.15) is 0 Å². The van der Waals surface area contributed by atoms with Gasteiger partial charge < -0.3 is 10.4 Å². The van der Waals surface area contributed by atoms with Crippen molar-refractivity contribution < 1.29 is 5.11 Å². The van der Waals surface area contributed by atoms with Gasteiger partial charge in [-0.1, -0.05) is 35.3 Å². The number of rotatable bonds is 2. The number of benzene rings is 1. The third-order valence-electron chi connectivity index (χ3n) is 3.08. The molecule has 1 aliphatic heterocycles. The van der Waals surface area contributed by atoms with Crippen molar-refractivity contribution in [1.29, 1.82) is 0 Å². The molecule has 2 atom stereocenters. The van der Waals surface area contributed by atoms with Crippen molar-refractivity contribution in [1.82, 2.24) is 5.32 Å². The Bertz CT molecular complexity index is 370. The lowest BCUT2D eigenvalue weighted by Gasteiger charge is -2.28. The number of piperidine rings is 1. The molecule has 1 saturated heterocycles. The highest BCUT2D eigenvalue weighted by molar-refractivity contribution is 6.42. The van der Waals surface area contributed by atoms with Crippen LogP contribution in [0.3, 0.4) is 0 Å². The molecule has 0 aliphatic carbocycles. The molecule has 2 N–H and O–H groups in total. The predicted molar refractivity (Wildman–Crippen MR) is 67.1 cm³/mol. The molecule has 1 aliphatic rings. The van der Waals surface area contributed by atoms with Crippen molar-refractivity contribution in [2.24, 2.45) is 5.92 Å². The topological polar surface area (TPSA) is 32.3 Å². The van der Waals surface area contributed by atoms with Crippen molar-refractivity contribution in [2.45, 2.75) is 18.9 Å². The maximum Gasteiger partial charge on any atom is 0.0624 e. The third-order valence-corrected chi connectivity index (χ3v) is 3.94. The molecule has 1 fully saturated rings. The highest BCUT2D eigenvalue weighted by atomic mass is 35.5. The summed E-state index contributed by atoms with van der Waals surface area (Å²) in [6, 6.07) is 5.64. The maximum atomic E-state index is 9.87. The van der Waals surface area contributed by atoms with Crippen LogP contribution in [0.2, 0.25) is 10.0 Å². The molecule has 0 bridgehead atoms. The summed E-state index contributed by atoms with van der Waals surface area (Å²) in [5.74, 6) is 0.227. The first-order chi connectivity index (χ1) is 7.68. The van der Waals surface area contributed by atoms with Crippen molar-refractivity contribution in [2.75, 3.05) is 13.1 Å². The number of nitrogens with one attached hydrogen (secondary N) is 1. The minimum absolute atomic E-state index is 0.227. The predicted octanol–water partition coefficient (Wildman–Crippen LogP) is 2.51. The van der Waals surface area contributed by atoms with E-state index in [9.17, 15) is 5.11 Å². The van der Waals surface area contributed by atoms with Gasteiger partial charge in [-0.15, -0.1) is 0 Å². The first-order valence-electron chi connectivity index (χ1n) is 5.50. The lowest BCUT2D eigenvalue weighted by atomic mass is 9.90. The van der Waals surface area contributed by atoms with Crippen LogP contribution in [-0.4, -0.2) is 24.3 Å². The lowest BCUT2D eigenvalue weighted by molar-refractivity contribution is 0.0792. The summed E-state index contributed by atoms with van der Waals surface area (Å²) >= 11 is 12.1. The van der Waals surface area contributed by atoms with Crippen LogP contribution in [0.25, 0.3) is 0 Å². The smallest absolute Gasteiger partial charge is 0.0624 e. The van der Waals surface area contributed by atoms with E-state index in [2.05, 4.69) is 5.32 Å². The highest BCUT2D eigenvalue weighted by Gasteiger charge is 2.23. The second-order valence-corrected chi connectivity index (χ2v) is 5.02. The molecule has 0 aromatic heterocycles. The molecule has 2 nitrogen and oxygen atoms in total. The normalized spacial score (nSPS) is 25.7. The van der Waals surface area contributed by atoms with Gasteiger partial charge in [0.2, 0.25) is 0 Å². The van der Waals surface area contributed by atoms with Crippen LogP contribution < -0.4 is 5.32 Å². The quantitative estimate of drug-likeness (QED) is 0.856. The minimum atomic E-state index is -0.240. The minimum Gasteiger partial charge on any atom is -0.393 e. The molecular weight excluding hydrogens is 245 g/mol. The Hall–Kier alpha value is -0.280. The number of hydrogen-bond acceptors (Lipinski definition) is 2. The number of hydrogen-bond donors (Lipinski definition) is 2. The lowest BCUT2D eigenvalue weighted by Crippen LogP contribution is -2.40. The Kier molecular flexibility index (Phi) is 4.09. The van der Waals surface area contributed by atoms with E-state index in [1.807, 2.05) is 12.1 Å². The zero-order valence-corrected chi connectivity index (χ0v) is 10.4. The van der Waals surface area contributed by atoms with Crippen LogP contribution in [0, 0.1) is 5.92 Å². The second-order valence-electron chi connectivity index (χ2n) is 4.24. The third kappa shape index (κ3) is 2.69. The molecule has 0 saturated carbocycles. The van der Waals surface area contributed by atoms with Crippen molar-refractivity contribution >= 4 is 23.2 Å². The molecule has 2 unspecified atom stereocenters. The molecule has 0 spiro atoms. The zero-order chi connectivity index (χ0) is 11.5. The molecule has 88 valence electrons. The summed E-state index contributed by atoms with van der Waals surface area (Å²) in [5.41, 5.74) is 1.02. The molecule has 1 aromatic carbocycles. The molecular formula is C12H15Cl2NO. The fourth-order valence-corrected chi connectivity index (χ4v) is 2.50. The summed E-state index contributed by atoms with van der Waals surface area (Å²) in [7, 11) is 0. The highest BCUT2D eigenvalue weighted by Crippen LogP contribution is 2.28. The van der Waals surface area contributed by atoms with Crippen LogP contribution in [0.5, 0.6) is 0 Å². The Morgan fingerprint density at radius 2 is 2.19 bits per heavy atom. The van der Waals surface area contributed by atoms with E-state index in [4.69, 9.17) is 23.2 Å². The Morgan fingerprint density at radius 3 is 2.94 bits per heavy atom. The molecule has 16 heavy (non-hydrogen) atoms. The summed E-state index contributed by atoms with van der Waals surface area (Å²) in [4.78, 5) is 0. The van der Waals surface area contributed by atoms with Crippen molar-refractivity contribution in [3.8, 4) is 0 Å². The number of aliphatic hydroxyl groups is 1. The van der Waals surface area contributed by atoms with Gasteiger partial charge in [0.15, 0.2) is 0 Å². The van der Waals surface area contributed by atoms with Crippen molar-refractivity contribution in [3.63, 3.8) is 0 Å². The maximum absolute atomic E-state index is 9.87. The van der Waals surface area contributed by atoms with Gasteiger partial charge in [-0.25, -0.2) is 0 Å². The van der Waals surface area contributed by atoms with Crippen LogP contribution in [0.15, 0.2) is 18.2 Å². The summed E-state index contributed by atoms with van der Waals surface area (Å²) in [5, 5.41) is 14.4. The number of aliphatic hydroxyl groups excluding tert-OH is 1. The van der Waals surface area contributed by atoms with Crippen LogP contribution in [0.1, 0.15) is 12.0 Å². The van der Waals surface area contributed by atoms with Gasteiger partial charge in [-0.3, -0.25) is 0 Å². The molecule has 1 aromatic rings. The first kappa shape index (κ1) is 12.2. The Labute approximate surface area is 106 Å². The molecule has 0 radical (unpaired) electrons. The van der Waals surface area contributed by atoms with Crippen LogP contribution >= 0.6 is 23.2 Å². The largest absolute Gasteiger partial charge is 0.393 e. The standard InChI is InChI=1S/C12H15Cl2NO/c13-10-3-1-2-8(12(10)14)6-9-7-15-5-4-11(9)16/h1-3,9,11,15-16H,4-7H2. The SMILES string of the molecule is OC1CCNCC1Cc1cccc(Cl)c1Cl.